The number of pyridine rings is 1. The van der Waals surface area contributed by atoms with E-state index in [0.29, 0.717) is 46.6 Å². The van der Waals surface area contributed by atoms with Gasteiger partial charge in [-0.1, -0.05) is 6.08 Å². The summed E-state index contributed by atoms with van der Waals surface area (Å²) in [6.07, 6.45) is 1.92. The van der Waals surface area contributed by atoms with Crippen LogP contribution in [0.2, 0.25) is 0 Å². The molecule has 16 nitrogen and oxygen atoms in total. The summed E-state index contributed by atoms with van der Waals surface area (Å²) in [5.41, 5.74) is 0.216. The van der Waals surface area contributed by atoms with Crippen molar-refractivity contribution in [3.05, 3.63) is 42.3 Å². The van der Waals surface area contributed by atoms with Crippen molar-refractivity contribution in [2.45, 2.75) is 74.5 Å². The van der Waals surface area contributed by atoms with Gasteiger partial charge in [-0.15, -0.1) is 17.9 Å². The number of carbonyl (C=O) groups is 4. The molecule has 18 heteroatoms. The molecule has 2 aromatic heterocycles. The first-order chi connectivity index (χ1) is 25.2. The summed E-state index contributed by atoms with van der Waals surface area (Å²) >= 11 is 1.45. The molecule has 4 heterocycles. The van der Waals surface area contributed by atoms with E-state index in [4.69, 9.17) is 19.4 Å². The lowest BCUT2D eigenvalue weighted by Gasteiger charge is -2.28. The van der Waals surface area contributed by atoms with Crippen molar-refractivity contribution in [2.75, 3.05) is 32.6 Å². The zero-order valence-corrected chi connectivity index (χ0v) is 31.4. The van der Waals surface area contributed by atoms with Crippen LogP contribution in [0.15, 0.2) is 42.3 Å². The Morgan fingerprint density at radius 3 is 2.57 bits per heavy atom. The average molecular weight is 767 g/mol. The fourth-order valence-electron chi connectivity index (χ4n) is 6.81. The van der Waals surface area contributed by atoms with Gasteiger partial charge in [0.15, 0.2) is 5.13 Å². The van der Waals surface area contributed by atoms with Crippen LogP contribution in [0.4, 0.5) is 9.93 Å². The molecule has 2 saturated heterocycles. The number of rotatable bonds is 13. The van der Waals surface area contributed by atoms with Crippen LogP contribution in [0, 0.1) is 5.92 Å². The highest BCUT2D eigenvalue weighted by molar-refractivity contribution is 7.91. The molecule has 282 valence electrons. The van der Waals surface area contributed by atoms with Gasteiger partial charge in [-0.25, -0.2) is 23.2 Å². The molecule has 5 amide bonds. The number of hydrogen-bond donors (Lipinski definition) is 4. The van der Waals surface area contributed by atoms with Gasteiger partial charge in [-0.3, -0.25) is 19.1 Å². The van der Waals surface area contributed by atoms with Gasteiger partial charge in [0.25, 0.3) is 5.91 Å². The summed E-state index contributed by atoms with van der Waals surface area (Å²) in [4.78, 5) is 66.2. The number of hydrogen-bond acceptors (Lipinski definition) is 12. The maximum Gasteiger partial charge on any atom is 0.317 e. The third-order valence-electron chi connectivity index (χ3n) is 9.95. The number of urea groups is 1. The van der Waals surface area contributed by atoms with Crippen molar-refractivity contribution in [1.82, 2.24) is 35.1 Å². The number of nitrogens with zero attached hydrogens (tertiary/aromatic N) is 4. The van der Waals surface area contributed by atoms with E-state index in [0.717, 1.165) is 5.13 Å². The van der Waals surface area contributed by atoms with E-state index in [1.807, 2.05) is 25.3 Å². The first-order valence-electron chi connectivity index (χ1n) is 17.4. The zero-order chi connectivity index (χ0) is 37.8. The van der Waals surface area contributed by atoms with Crippen LogP contribution >= 0.6 is 11.3 Å². The molecule has 7 rings (SSSR count). The van der Waals surface area contributed by atoms with Crippen LogP contribution < -0.4 is 30.1 Å². The van der Waals surface area contributed by atoms with Crippen molar-refractivity contribution in [3.8, 4) is 22.9 Å². The van der Waals surface area contributed by atoms with E-state index in [-0.39, 0.29) is 32.0 Å². The first-order valence-corrected chi connectivity index (χ1v) is 19.8. The van der Waals surface area contributed by atoms with Crippen molar-refractivity contribution in [3.63, 3.8) is 0 Å². The highest BCUT2D eigenvalue weighted by Gasteiger charge is 2.62. The lowest BCUT2D eigenvalue weighted by Crippen LogP contribution is -2.58. The Bertz CT molecular complexity index is 2100. The summed E-state index contributed by atoms with van der Waals surface area (Å²) in [5.74, 6) is -1.45. The second kappa shape index (κ2) is 13.8. The number of thiazole rings is 1. The Labute approximate surface area is 310 Å². The topological polar surface area (TPSA) is 201 Å². The Kier molecular flexibility index (Phi) is 9.46. The first kappa shape index (κ1) is 36.4. The molecule has 0 radical (unpaired) electrons. The van der Waals surface area contributed by atoms with E-state index in [9.17, 15) is 27.6 Å². The standard InChI is InChI=1S/C35H42N8O8S2/c1-6-19-14-35(19,32(46)41-53(48,49)22-8-9-22)40-30(44)28-12-21(15-43(28)31(45)26-16-42(4)34(47)39-26)51-29-13-25(27-17-52-33(38-27)36-18(2)3)37-24-11-20(50-5)7-10-23(24)29/h6-7,10-11,13,17-19,21-22,26,28H,1,8-9,12,14-16H2,2-5H3,(H,36,38)(H,39,47)(H,40,44)(H,41,46)/t19-,21-,26+,28+,35-/m1/s1. The largest absolute Gasteiger partial charge is 0.497 e. The molecule has 53 heavy (non-hydrogen) atoms. The molecule has 0 bridgehead atoms. The smallest absolute Gasteiger partial charge is 0.317 e. The van der Waals surface area contributed by atoms with Crippen molar-refractivity contribution in [1.29, 1.82) is 0 Å². The molecule has 2 aliphatic carbocycles. The number of carbonyl (C=O) groups excluding carboxylic acids is 4. The molecule has 4 aliphatic rings. The fourth-order valence-corrected chi connectivity index (χ4v) is 9.03. The number of aromatic nitrogens is 2. The molecular weight excluding hydrogens is 725 g/mol. The lowest BCUT2D eigenvalue weighted by atomic mass is 10.1. The third-order valence-corrected chi connectivity index (χ3v) is 12.5. The monoisotopic (exact) mass is 766 g/mol. The van der Waals surface area contributed by atoms with Crippen molar-refractivity contribution in [2.24, 2.45) is 5.92 Å². The number of likely N-dealkylation sites (tertiary alicyclic amines) is 1. The maximum atomic E-state index is 14.2. The van der Waals surface area contributed by atoms with Gasteiger partial charge in [0.2, 0.25) is 21.8 Å². The average Bonchev–Trinajstić information content (AvgIpc) is 3.97. The number of benzene rings is 1. The Balaban J connectivity index is 1.18. The highest BCUT2D eigenvalue weighted by Crippen LogP contribution is 2.45. The molecule has 4 fully saturated rings. The molecule has 2 saturated carbocycles. The Hall–Kier alpha value is -4.97. The molecule has 3 aromatic rings. The van der Waals surface area contributed by atoms with Gasteiger partial charge in [0, 0.05) is 48.3 Å². The van der Waals surface area contributed by atoms with Gasteiger partial charge < -0.3 is 35.2 Å². The molecule has 0 unspecified atom stereocenters. The van der Waals surface area contributed by atoms with Gasteiger partial charge in [-0.05, 0) is 45.2 Å². The summed E-state index contributed by atoms with van der Waals surface area (Å²) in [5, 5.41) is 11.4. The summed E-state index contributed by atoms with van der Waals surface area (Å²) in [6, 6.07) is 4.89. The van der Waals surface area contributed by atoms with Crippen LogP contribution in [0.5, 0.6) is 11.5 Å². The maximum absolute atomic E-state index is 14.2. The fraction of sp³-hybridized carbons (Fsp3) is 0.486. The SMILES string of the molecule is C=C[C@@H]1C[C@]1(NC(=O)[C@@H]1C[C@@H](Oc2cc(-c3csc(NC(C)C)n3)nc3cc(OC)ccc23)CN1C(=O)[C@@H]1CN(C)C(=O)N1)C(=O)NS(=O)(=O)C1CC1. The van der Waals surface area contributed by atoms with Crippen LogP contribution in [0.1, 0.15) is 39.5 Å². The third kappa shape index (κ3) is 7.21. The quantitative estimate of drug-likeness (QED) is 0.186. The van der Waals surface area contributed by atoms with Gasteiger partial charge in [0.1, 0.15) is 40.9 Å². The summed E-state index contributed by atoms with van der Waals surface area (Å²) < 4.78 is 39.6. The number of fused-ring (bicyclic) bond motifs is 1. The minimum atomic E-state index is -3.89. The number of amides is 5. The molecule has 0 spiro atoms. The van der Waals surface area contributed by atoms with E-state index in [1.54, 1.807) is 32.4 Å². The van der Waals surface area contributed by atoms with Crippen LogP contribution in [-0.2, 0) is 24.4 Å². The van der Waals surface area contributed by atoms with E-state index in [1.165, 1.54) is 27.2 Å². The minimum Gasteiger partial charge on any atom is -0.497 e. The van der Waals surface area contributed by atoms with Crippen LogP contribution in [0.3, 0.4) is 0 Å². The predicted octanol–water partition coefficient (Wildman–Crippen LogP) is 2.23. The molecule has 1 aromatic carbocycles. The normalized spacial score (nSPS) is 25.3. The molecule has 5 atom stereocenters. The van der Waals surface area contributed by atoms with E-state index in [2.05, 4.69) is 27.3 Å². The number of anilines is 1. The van der Waals surface area contributed by atoms with Gasteiger partial charge in [0.05, 0.1) is 36.7 Å². The highest BCUT2D eigenvalue weighted by atomic mass is 32.2. The second-order valence-corrected chi connectivity index (χ2v) is 17.1. The molecule has 2 aliphatic heterocycles. The second-order valence-electron chi connectivity index (χ2n) is 14.3. The zero-order valence-electron chi connectivity index (χ0n) is 29.7. The summed E-state index contributed by atoms with van der Waals surface area (Å²) in [7, 11) is -0.765. The van der Waals surface area contributed by atoms with Crippen LogP contribution in [-0.4, -0.2) is 114 Å². The van der Waals surface area contributed by atoms with E-state index < -0.39 is 68.7 Å². The predicted molar refractivity (Wildman–Crippen MR) is 197 cm³/mol. The van der Waals surface area contributed by atoms with Gasteiger partial charge in [-0.2, -0.15) is 0 Å². The number of likely N-dealkylation sites (N-methyl/N-ethyl adjacent to an activating group) is 1. The number of methoxy groups -OCH3 is 1. The Morgan fingerprint density at radius 2 is 1.92 bits per heavy atom. The summed E-state index contributed by atoms with van der Waals surface area (Å²) in [6.45, 7) is 7.89. The molecule has 4 N–H and O–H groups in total. The minimum absolute atomic E-state index is 0.0123. The lowest BCUT2D eigenvalue weighted by molar-refractivity contribution is -0.140. The van der Waals surface area contributed by atoms with E-state index >= 15 is 0 Å². The van der Waals surface area contributed by atoms with Crippen LogP contribution in [0.25, 0.3) is 22.3 Å². The van der Waals surface area contributed by atoms with Gasteiger partial charge >= 0.3 is 6.03 Å². The number of ether oxygens (including phenoxy) is 2. The van der Waals surface area contributed by atoms with Crippen molar-refractivity contribution < 1.29 is 37.1 Å². The Morgan fingerprint density at radius 1 is 1.15 bits per heavy atom. The molecular formula is C35H42N8O8S2. The number of nitrogens with one attached hydrogen (secondary N) is 4. The number of sulfonamides is 1. The van der Waals surface area contributed by atoms with Crippen molar-refractivity contribution >= 4 is 61.1 Å².